The number of aromatic hydroxyl groups is 1. The average molecular weight is 359 g/mol. The Balaban J connectivity index is 2.04. The Morgan fingerprint density at radius 1 is 1.14 bits per heavy atom. The van der Waals surface area contributed by atoms with E-state index in [0.29, 0.717) is 16.5 Å². The summed E-state index contributed by atoms with van der Waals surface area (Å²) in [4.78, 5) is 26.9. The van der Waals surface area contributed by atoms with Gasteiger partial charge in [-0.15, -0.1) is 0 Å². The van der Waals surface area contributed by atoms with E-state index < -0.39 is 11.5 Å². The fourth-order valence-corrected chi connectivity index (χ4v) is 2.56. The number of aromatic nitrogens is 1. The molecule has 5 nitrogen and oxygen atoms in total. The van der Waals surface area contributed by atoms with E-state index in [1.807, 2.05) is 0 Å². The topological polar surface area (TPSA) is 82.2 Å². The van der Waals surface area contributed by atoms with Crippen molar-refractivity contribution < 1.29 is 9.90 Å². The van der Waals surface area contributed by atoms with Gasteiger partial charge in [-0.2, -0.15) is 0 Å². The molecule has 2 aromatic carbocycles. The van der Waals surface area contributed by atoms with Crippen molar-refractivity contribution in [1.82, 2.24) is 4.98 Å². The first-order valence-electron chi connectivity index (χ1n) is 6.47. The van der Waals surface area contributed by atoms with Gasteiger partial charge in [-0.1, -0.05) is 34.1 Å². The number of hydrogen-bond acceptors (Lipinski definition) is 3. The van der Waals surface area contributed by atoms with Gasteiger partial charge in [0.2, 0.25) is 0 Å². The molecule has 6 heteroatoms. The summed E-state index contributed by atoms with van der Waals surface area (Å²) in [6.07, 6.45) is 0. The van der Waals surface area contributed by atoms with Crippen LogP contribution in [0, 0.1) is 0 Å². The Kier molecular flexibility index (Phi) is 3.68. The molecule has 3 N–H and O–H groups in total. The van der Waals surface area contributed by atoms with Crippen molar-refractivity contribution >= 4 is 38.4 Å². The maximum atomic E-state index is 12.2. The van der Waals surface area contributed by atoms with Crippen LogP contribution in [0.1, 0.15) is 10.4 Å². The Bertz CT molecular complexity index is 934. The molecule has 1 aromatic heterocycles. The molecule has 0 unspecified atom stereocenters. The van der Waals surface area contributed by atoms with Crippen molar-refractivity contribution in [3.63, 3.8) is 0 Å². The van der Waals surface area contributed by atoms with Gasteiger partial charge in [0.1, 0.15) is 0 Å². The van der Waals surface area contributed by atoms with Gasteiger partial charge in [-0.05, 0) is 30.3 Å². The number of H-pyrrole nitrogens is 1. The average Bonchev–Trinajstić information content (AvgIpc) is 2.51. The molecule has 0 aliphatic rings. The monoisotopic (exact) mass is 358 g/mol. The molecule has 0 saturated heterocycles. The lowest BCUT2D eigenvalue weighted by molar-refractivity contribution is 0.102. The number of amides is 1. The van der Waals surface area contributed by atoms with Crippen LogP contribution in [-0.2, 0) is 0 Å². The van der Waals surface area contributed by atoms with Crippen molar-refractivity contribution in [3.8, 4) is 5.75 Å². The van der Waals surface area contributed by atoms with E-state index >= 15 is 0 Å². The van der Waals surface area contributed by atoms with Crippen LogP contribution >= 0.6 is 15.9 Å². The van der Waals surface area contributed by atoms with Crippen molar-refractivity contribution in [2.45, 2.75) is 0 Å². The van der Waals surface area contributed by atoms with Gasteiger partial charge in [-0.25, -0.2) is 0 Å². The second kappa shape index (κ2) is 5.65. The van der Waals surface area contributed by atoms with E-state index in [1.54, 1.807) is 48.5 Å². The second-order valence-corrected chi connectivity index (χ2v) is 5.60. The summed E-state index contributed by atoms with van der Waals surface area (Å²) >= 11 is 3.28. The summed E-state index contributed by atoms with van der Waals surface area (Å²) in [7, 11) is 0. The number of pyridine rings is 1. The largest absolute Gasteiger partial charge is 0.505 e. The van der Waals surface area contributed by atoms with E-state index in [4.69, 9.17) is 0 Å². The van der Waals surface area contributed by atoms with Gasteiger partial charge in [-0.3, -0.25) is 9.59 Å². The summed E-state index contributed by atoms with van der Waals surface area (Å²) in [6.45, 7) is 0. The highest BCUT2D eigenvalue weighted by molar-refractivity contribution is 9.10. The molecule has 22 heavy (non-hydrogen) atoms. The van der Waals surface area contributed by atoms with Crippen LogP contribution in [-0.4, -0.2) is 16.0 Å². The van der Waals surface area contributed by atoms with Crippen LogP contribution in [0.4, 0.5) is 5.69 Å². The van der Waals surface area contributed by atoms with Crippen molar-refractivity contribution in [2.75, 3.05) is 5.32 Å². The third kappa shape index (κ3) is 2.60. The molecule has 0 fully saturated rings. The second-order valence-electron chi connectivity index (χ2n) is 4.69. The van der Waals surface area contributed by atoms with Gasteiger partial charge in [0.25, 0.3) is 11.5 Å². The number of halogens is 1. The number of carbonyl (C=O) groups is 1. The van der Waals surface area contributed by atoms with Crippen LogP contribution < -0.4 is 10.9 Å². The molecule has 110 valence electrons. The Labute approximate surface area is 133 Å². The summed E-state index contributed by atoms with van der Waals surface area (Å²) < 4.78 is 0.747. The zero-order chi connectivity index (χ0) is 15.7. The lowest BCUT2D eigenvalue weighted by Crippen LogP contribution is -2.20. The molecule has 3 rings (SSSR count). The highest BCUT2D eigenvalue weighted by Crippen LogP contribution is 2.28. The molecule has 3 aromatic rings. The summed E-state index contributed by atoms with van der Waals surface area (Å²) in [5.41, 5.74) is 0.162. The smallest absolute Gasteiger partial charge is 0.276 e. The van der Waals surface area contributed by atoms with Crippen molar-refractivity contribution in [2.24, 2.45) is 0 Å². The van der Waals surface area contributed by atoms with E-state index in [0.717, 1.165) is 4.47 Å². The van der Waals surface area contributed by atoms with Crippen LogP contribution in [0.25, 0.3) is 10.9 Å². The molecule has 1 amide bonds. The molecule has 0 atom stereocenters. The molecular weight excluding hydrogens is 348 g/mol. The standard InChI is InChI=1S/C16H11BrN2O3/c17-10-5-3-4-9(8-10)15(21)19-13-14(20)11-6-1-2-7-12(11)18-16(13)22/h1-8H,(H,19,21)(H2,18,20,22). The first kappa shape index (κ1) is 14.3. The minimum absolute atomic E-state index is 0.163. The number of anilines is 1. The van der Waals surface area contributed by atoms with Gasteiger partial charge in [0.05, 0.1) is 5.52 Å². The predicted octanol–water partition coefficient (Wildman–Crippen LogP) is 3.25. The summed E-state index contributed by atoms with van der Waals surface area (Å²) in [6, 6.07) is 13.6. The highest BCUT2D eigenvalue weighted by Gasteiger charge is 2.15. The molecule has 0 spiro atoms. The molecule has 0 aliphatic heterocycles. The normalized spacial score (nSPS) is 10.6. The lowest BCUT2D eigenvalue weighted by atomic mass is 10.1. The predicted molar refractivity (Wildman–Crippen MR) is 88.3 cm³/mol. The van der Waals surface area contributed by atoms with Crippen LogP contribution in [0.2, 0.25) is 0 Å². The zero-order valence-electron chi connectivity index (χ0n) is 11.3. The minimum Gasteiger partial charge on any atom is -0.505 e. The van der Waals surface area contributed by atoms with E-state index in [9.17, 15) is 14.7 Å². The van der Waals surface area contributed by atoms with E-state index in [1.165, 1.54) is 0 Å². The number of nitrogens with one attached hydrogen (secondary N) is 2. The van der Waals surface area contributed by atoms with Gasteiger partial charge in [0, 0.05) is 15.4 Å². The Morgan fingerprint density at radius 3 is 2.68 bits per heavy atom. The number of hydrogen-bond donors (Lipinski definition) is 3. The number of fused-ring (bicyclic) bond motifs is 1. The highest BCUT2D eigenvalue weighted by atomic mass is 79.9. The molecular formula is C16H11BrN2O3. The first-order chi connectivity index (χ1) is 10.6. The number of carbonyl (C=O) groups excluding carboxylic acids is 1. The van der Waals surface area contributed by atoms with Crippen LogP contribution in [0.5, 0.6) is 5.75 Å². The molecule has 0 bridgehead atoms. The van der Waals surface area contributed by atoms with E-state index in [2.05, 4.69) is 26.2 Å². The molecule has 0 radical (unpaired) electrons. The van der Waals surface area contributed by atoms with Crippen LogP contribution in [0.3, 0.4) is 0 Å². The number of para-hydroxylation sites is 1. The number of aromatic amines is 1. The maximum Gasteiger partial charge on any atom is 0.276 e. The van der Waals surface area contributed by atoms with Gasteiger partial charge < -0.3 is 15.4 Å². The zero-order valence-corrected chi connectivity index (χ0v) is 12.8. The molecule has 0 aliphatic carbocycles. The Morgan fingerprint density at radius 2 is 1.91 bits per heavy atom. The lowest BCUT2D eigenvalue weighted by Gasteiger charge is -2.09. The van der Waals surface area contributed by atoms with Crippen LogP contribution in [0.15, 0.2) is 57.8 Å². The Hall–Kier alpha value is -2.60. The summed E-state index contributed by atoms with van der Waals surface area (Å²) in [5, 5.41) is 13.2. The third-order valence-electron chi connectivity index (χ3n) is 3.22. The fraction of sp³-hybridized carbons (Fsp3) is 0. The van der Waals surface area contributed by atoms with Gasteiger partial charge >= 0.3 is 0 Å². The number of benzene rings is 2. The summed E-state index contributed by atoms with van der Waals surface area (Å²) in [5.74, 6) is -0.722. The van der Waals surface area contributed by atoms with Crippen molar-refractivity contribution in [3.05, 3.63) is 68.9 Å². The maximum absolute atomic E-state index is 12.2. The first-order valence-corrected chi connectivity index (χ1v) is 7.26. The van der Waals surface area contributed by atoms with Crippen molar-refractivity contribution in [1.29, 1.82) is 0 Å². The molecule has 1 heterocycles. The fourth-order valence-electron chi connectivity index (χ4n) is 2.16. The SMILES string of the molecule is O=C(Nc1c(O)c2ccccc2[nH]c1=O)c1cccc(Br)c1. The minimum atomic E-state index is -0.556. The van der Waals surface area contributed by atoms with E-state index in [-0.39, 0.29) is 11.4 Å². The quantitative estimate of drug-likeness (QED) is 0.657. The van der Waals surface area contributed by atoms with Gasteiger partial charge in [0.15, 0.2) is 11.4 Å². The molecule has 0 saturated carbocycles. The number of rotatable bonds is 2. The third-order valence-corrected chi connectivity index (χ3v) is 3.71.